The zero-order valence-electron chi connectivity index (χ0n) is 4.74. The molecule has 0 aromatic rings. The predicted molar refractivity (Wildman–Crippen MR) is 37.8 cm³/mol. The van der Waals surface area contributed by atoms with Crippen molar-refractivity contribution >= 4 is 23.2 Å². The normalized spacial score (nSPS) is 39.8. The Balaban J connectivity index is 2.28. The molecule has 0 heterocycles. The quantitative estimate of drug-likeness (QED) is 0.469. The molecule has 8 heavy (non-hydrogen) atoms. The molecule has 1 aliphatic carbocycles. The summed E-state index contributed by atoms with van der Waals surface area (Å²) < 4.78 is 0. The summed E-state index contributed by atoms with van der Waals surface area (Å²) in [5.41, 5.74) is 0. The van der Waals surface area contributed by atoms with Gasteiger partial charge in [0.1, 0.15) is 0 Å². The van der Waals surface area contributed by atoms with Crippen LogP contribution in [-0.4, -0.2) is 10.8 Å². The highest BCUT2D eigenvalue weighted by Crippen LogP contribution is 2.26. The maximum Gasteiger partial charge on any atom is 0.0499 e. The van der Waals surface area contributed by atoms with Crippen LogP contribution in [0, 0.1) is 0 Å². The van der Waals surface area contributed by atoms with E-state index >= 15 is 0 Å². The minimum Gasteiger partial charge on any atom is -0.121 e. The van der Waals surface area contributed by atoms with Crippen LogP contribution in [-0.2, 0) is 0 Å². The van der Waals surface area contributed by atoms with E-state index < -0.39 is 0 Å². The van der Waals surface area contributed by atoms with E-state index in [0.29, 0.717) is 0 Å². The second kappa shape index (κ2) is 2.93. The minimum atomic E-state index is 0.241. The summed E-state index contributed by atoms with van der Waals surface area (Å²) in [7, 11) is 0. The number of hydrogen-bond acceptors (Lipinski definition) is 0. The molecule has 2 atom stereocenters. The van der Waals surface area contributed by atoms with Crippen molar-refractivity contribution < 1.29 is 0 Å². The monoisotopic (exact) mass is 152 g/mol. The molecule has 0 unspecified atom stereocenters. The first-order chi connectivity index (χ1) is 3.80. The fourth-order valence-electron chi connectivity index (χ4n) is 1.04. The highest BCUT2D eigenvalue weighted by molar-refractivity contribution is 6.30. The predicted octanol–water partition coefficient (Wildman–Crippen LogP) is 2.78. The van der Waals surface area contributed by atoms with Gasteiger partial charge in [-0.1, -0.05) is 12.8 Å². The lowest BCUT2D eigenvalue weighted by Gasteiger charge is -2.20. The number of halogens is 2. The Bertz CT molecular complexity index is 62.9. The molecule has 0 aromatic heterocycles. The smallest absolute Gasteiger partial charge is 0.0499 e. The van der Waals surface area contributed by atoms with E-state index in [1.165, 1.54) is 12.8 Å². The average Bonchev–Trinajstić information content (AvgIpc) is 1.77. The molecule has 0 aliphatic heterocycles. The highest BCUT2D eigenvalue weighted by atomic mass is 35.5. The average molecular weight is 153 g/mol. The summed E-state index contributed by atoms with van der Waals surface area (Å²) in [5.74, 6) is 0. The maximum atomic E-state index is 5.84. The van der Waals surface area contributed by atoms with Crippen molar-refractivity contribution in [3.8, 4) is 0 Å². The third-order valence-corrected chi connectivity index (χ3v) is 2.78. The Morgan fingerprint density at radius 2 is 1.25 bits per heavy atom. The molecule has 2 heteroatoms. The summed E-state index contributed by atoms with van der Waals surface area (Å²) in [6.45, 7) is 0. The van der Waals surface area contributed by atoms with Gasteiger partial charge in [-0.05, 0) is 12.8 Å². The first kappa shape index (κ1) is 6.70. The lowest BCUT2D eigenvalue weighted by molar-refractivity contribution is 0.517. The van der Waals surface area contributed by atoms with Crippen molar-refractivity contribution in [3.63, 3.8) is 0 Å². The van der Waals surface area contributed by atoms with Gasteiger partial charge in [0.2, 0.25) is 0 Å². The molecule has 0 N–H and O–H groups in total. The third-order valence-electron chi connectivity index (χ3n) is 1.60. The van der Waals surface area contributed by atoms with E-state index in [0.717, 1.165) is 12.8 Å². The summed E-state index contributed by atoms with van der Waals surface area (Å²) in [6, 6.07) is 0. The Hall–Kier alpha value is 0.580. The molecule has 0 nitrogen and oxygen atoms in total. The van der Waals surface area contributed by atoms with E-state index in [-0.39, 0.29) is 10.8 Å². The Labute approximate surface area is 60.2 Å². The van der Waals surface area contributed by atoms with Gasteiger partial charge >= 0.3 is 0 Å². The van der Waals surface area contributed by atoms with Crippen molar-refractivity contribution in [1.29, 1.82) is 0 Å². The Morgan fingerprint density at radius 1 is 0.875 bits per heavy atom. The lowest BCUT2D eigenvalue weighted by Crippen LogP contribution is -2.19. The largest absolute Gasteiger partial charge is 0.121 e. The van der Waals surface area contributed by atoms with Crippen molar-refractivity contribution in [2.24, 2.45) is 0 Å². The first-order valence-electron chi connectivity index (χ1n) is 3.09. The number of alkyl halides is 2. The van der Waals surface area contributed by atoms with Crippen LogP contribution in [0.3, 0.4) is 0 Å². The molecule has 0 bridgehead atoms. The topological polar surface area (TPSA) is 0 Å². The molecule has 1 aliphatic rings. The Kier molecular flexibility index (Phi) is 2.45. The second-order valence-corrected chi connectivity index (χ2v) is 3.44. The van der Waals surface area contributed by atoms with Gasteiger partial charge in [-0.15, -0.1) is 23.2 Å². The van der Waals surface area contributed by atoms with Crippen LogP contribution < -0.4 is 0 Å². The van der Waals surface area contributed by atoms with Gasteiger partial charge in [-0.25, -0.2) is 0 Å². The van der Waals surface area contributed by atoms with Crippen molar-refractivity contribution in [3.05, 3.63) is 0 Å². The van der Waals surface area contributed by atoms with Crippen LogP contribution in [0.4, 0.5) is 0 Å². The van der Waals surface area contributed by atoms with Gasteiger partial charge in [0.05, 0.1) is 0 Å². The zero-order valence-corrected chi connectivity index (χ0v) is 6.25. The molecular weight excluding hydrogens is 143 g/mol. The van der Waals surface area contributed by atoms with Crippen LogP contribution in [0.2, 0.25) is 0 Å². The maximum absolute atomic E-state index is 5.84. The van der Waals surface area contributed by atoms with Crippen molar-refractivity contribution in [2.75, 3.05) is 0 Å². The van der Waals surface area contributed by atoms with E-state index in [1.807, 2.05) is 0 Å². The molecule has 0 spiro atoms. The second-order valence-electron chi connectivity index (χ2n) is 2.32. The van der Waals surface area contributed by atoms with Crippen molar-refractivity contribution in [2.45, 2.75) is 36.4 Å². The molecule has 1 saturated carbocycles. The molecule has 0 saturated heterocycles. The summed E-state index contributed by atoms with van der Waals surface area (Å²) in [5, 5.41) is 0.482. The van der Waals surface area contributed by atoms with E-state index in [4.69, 9.17) is 23.2 Å². The van der Waals surface area contributed by atoms with Gasteiger partial charge in [0, 0.05) is 10.8 Å². The molecule has 0 aromatic carbocycles. The zero-order chi connectivity index (χ0) is 5.98. The van der Waals surface area contributed by atoms with Crippen LogP contribution in [0.1, 0.15) is 25.7 Å². The number of rotatable bonds is 0. The first-order valence-corrected chi connectivity index (χ1v) is 3.96. The van der Waals surface area contributed by atoms with Gasteiger partial charge in [0.25, 0.3) is 0 Å². The van der Waals surface area contributed by atoms with Crippen LogP contribution in [0.5, 0.6) is 0 Å². The molecular formula is C6H10Cl2. The minimum absolute atomic E-state index is 0.241. The van der Waals surface area contributed by atoms with Crippen LogP contribution in [0.25, 0.3) is 0 Å². The highest BCUT2D eigenvalue weighted by Gasteiger charge is 2.19. The summed E-state index contributed by atoms with van der Waals surface area (Å²) in [6.07, 6.45) is 4.74. The molecule has 1 rings (SSSR count). The fourth-order valence-corrected chi connectivity index (χ4v) is 1.60. The van der Waals surface area contributed by atoms with Gasteiger partial charge in [-0.3, -0.25) is 0 Å². The van der Waals surface area contributed by atoms with Gasteiger partial charge < -0.3 is 0 Å². The standard InChI is InChI=1S/C6H10Cl2/c7-5-3-1-2-4-6(5)8/h5-6H,1-4H2/t5-,6+. The number of hydrogen-bond donors (Lipinski definition) is 0. The van der Waals surface area contributed by atoms with E-state index in [2.05, 4.69) is 0 Å². The van der Waals surface area contributed by atoms with Crippen LogP contribution in [0.15, 0.2) is 0 Å². The van der Waals surface area contributed by atoms with Gasteiger partial charge in [-0.2, -0.15) is 0 Å². The van der Waals surface area contributed by atoms with Crippen molar-refractivity contribution in [1.82, 2.24) is 0 Å². The molecule has 0 radical (unpaired) electrons. The molecule has 48 valence electrons. The van der Waals surface area contributed by atoms with Crippen LogP contribution >= 0.6 is 23.2 Å². The summed E-state index contributed by atoms with van der Waals surface area (Å²) >= 11 is 11.7. The van der Waals surface area contributed by atoms with Gasteiger partial charge in [0.15, 0.2) is 0 Å². The third kappa shape index (κ3) is 1.53. The fraction of sp³-hybridized carbons (Fsp3) is 1.00. The lowest BCUT2D eigenvalue weighted by atomic mass is 10.00. The SMILES string of the molecule is Cl[C@@H]1CCCC[C@@H]1Cl. The summed E-state index contributed by atoms with van der Waals surface area (Å²) in [4.78, 5) is 0. The molecule has 0 amide bonds. The van der Waals surface area contributed by atoms with E-state index in [9.17, 15) is 0 Å². The Morgan fingerprint density at radius 3 is 1.50 bits per heavy atom. The van der Waals surface area contributed by atoms with E-state index in [1.54, 1.807) is 0 Å². The molecule has 1 fully saturated rings.